The van der Waals surface area contributed by atoms with E-state index in [4.69, 9.17) is 14.7 Å². The molecule has 0 saturated heterocycles. The normalized spacial score (nSPS) is 10.2. The molecule has 2 aromatic rings. The minimum Gasteiger partial charge on any atom is -0.493 e. The van der Waals surface area contributed by atoms with Crippen LogP contribution in [0.5, 0.6) is 11.5 Å². The molecule has 10 nitrogen and oxygen atoms in total. The number of ether oxygens (including phenoxy) is 3. The van der Waals surface area contributed by atoms with Gasteiger partial charge in [0.1, 0.15) is 13.0 Å². The second-order valence-electron chi connectivity index (χ2n) is 5.80. The quantitative estimate of drug-likeness (QED) is 0.359. The van der Waals surface area contributed by atoms with E-state index < -0.39 is 41.5 Å². The highest BCUT2D eigenvalue weighted by Gasteiger charge is 2.23. The summed E-state index contributed by atoms with van der Waals surface area (Å²) >= 11 is 0. The largest absolute Gasteiger partial charge is 0.493 e. The number of nitrogens with zero attached hydrogens (tertiary/aromatic N) is 2. The van der Waals surface area contributed by atoms with Crippen LogP contribution >= 0.6 is 0 Å². The lowest BCUT2D eigenvalue weighted by atomic mass is 10.1. The van der Waals surface area contributed by atoms with Crippen LogP contribution in [0, 0.1) is 21.4 Å². The summed E-state index contributed by atoms with van der Waals surface area (Å²) in [5.74, 6) is -2.07. The van der Waals surface area contributed by atoms with Gasteiger partial charge in [-0.15, -0.1) is 0 Å². The van der Waals surface area contributed by atoms with Gasteiger partial charge in [-0.05, 0) is 30.3 Å². The first-order valence-corrected chi connectivity index (χ1v) is 8.49. The number of alkyl halides is 2. The molecule has 0 aromatic heterocycles. The Morgan fingerprint density at radius 3 is 2.45 bits per heavy atom. The second kappa shape index (κ2) is 10.5. The van der Waals surface area contributed by atoms with Crippen molar-refractivity contribution in [1.82, 2.24) is 0 Å². The van der Waals surface area contributed by atoms with E-state index in [2.05, 4.69) is 10.1 Å². The molecule has 162 valence electrons. The Morgan fingerprint density at radius 1 is 1.23 bits per heavy atom. The maximum Gasteiger partial charge on any atom is 0.387 e. The summed E-state index contributed by atoms with van der Waals surface area (Å²) < 4.78 is 39.2. The number of carbonyl (C=O) groups is 2. The molecule has 0 heterocycles. The number of amides is 1. The Kier molecular flexibility index (Phi) is 7.79. The molecule has 0 spiro atoms. The Hall–Kier alpha value is -4.27. The van der Waals surface area contributed by atoms with Crippen molar-refractivity contribution < 1.29 is 37.5 Å². The number of anilines is 1. The summed E-state index contributed by atoms with van der Waals surface area (Å²) in [4.78, 5) is 34.0. The third-order valence-corrected chi connectivity index (χ3v) is 3.78. The third-order valence-electron chi connectivity index (χ3n) is 3.78. The van der Waals surface area contributed by atoms with Crippen molar-refractivity contribution >= 4 is 23.3 Å². The zero-order valence-electron chi connectivity index (χ0n) is 16.0. The van der Waals surface area contributed by atoms with Gasteiger partial charge in [-0.1, -0.05) is 0 Å². The molecule has 1 N–H and O–H groups in total. The van der Waals surface area contributed by atoms with Crippen LogP contribution < -0.4 is 14.8 Å². The van der Waals surface area contributed by atoms with Gasteiger partial charge in [0.05, 0.1) is 35.3 Å². The van der Waals surface area contributed by atoms with Crippen LogP contribution in [0.15, 0.2) is 36.4 Å². The van der Waals surface area contributed by atoms with Crippen LogP contribution in [-0.4, -0.2) is 30.5 Å². The number of hydrogen-bond acceptors (Lipinski definition) is 8. The molecule has 0 saturated carbocycles. The van der Waals surface area contributed by atoms with Crippen molar-refractivity contribution in [2.24, 2.45) is 0 Å². The van der Waals surface area contributed by atoms with Crippen LogP contribution in [0.2, 0.25) is 0 Å². The summed E-state index contributed by atoms with van der Waals surface area (Å²) in [6.45, 7) is -3.76. The molecule has 0 bridgehead atoms. The number of benzene rings is 2. The summed E-state index contributed by atoms with van der Waals surface area (Å²) in [6.07, 6.45) is -0.326. The van der Waals surface area contributed by atoms with Crippen molar-refractivity contribution in [2.75, 3.05) is 12.4 Å². The molecule has 0 aliphatic carbocycles. The lowest BCUT2D eigenvalue weighted by molar-refractivity contribution is -0.386. The highest BCUT2D eigenvalue weighted by atomic mass is 19.3. The fourth-order valence-electron chi connectivity index (χ4n) is 2.42. The SMILES string of the molecule is COc1cc(COC(=O)c2ccc(NC(=O)CC#N)cc2)c([N+](=O)[O-])cc1OC(F)F. The van der Waals surface area contributed by atoms with Gasteiger partial charge in [-0.2, -0.15) is 14.0 Å². The number of esters is 1. The number of nitro benzene ring substituents is 1. The van der Waals surface area contributed by atoms with Crippen molar-refractivity contribution in [3.05, 3.63) is 57.6 Å². The molecule has 31 heavy (non-hydrogen) atoms. The zero-order chi connectivity index (χ0) is 23.0. The molecular formula is C19H15F2N3O7. The molecule has 0 atom stereocenters. The minimum absolute atomic E-state index is 0.0885. The average molecular weight is 435 g/mol. The van der Waals surface area contributed by atoms with Gasteiger partial charge in [0.25, 0.3) is 5.69 Å². The average Bonchev–Trinajstić information content (AvgIpc) is 2.72. The minimum atomic E-state index is -3.22. The number of nitriles is 1. The molecule has 0 unspecified atom stereocenters. The van der Waals surface area contributed by atoms with Crippen molar-refractivity contribution in [2.45, 2.75) is 19.6 Å². The number of nitro groups is 1. The van der Waals surface area contributed by atoms with Crippen LogP contribution in [0.3, 0.4) is 0 Å². The molecule has 0 radical (unpaired) electrons. The van der Waals surface area contributed by atoms with Crippen molar-refractivity contribution in [3.8, 4) is 17.6 Å². The zero-order valence-corrected chi connectivity index (χ0v) is 16.0. The maximum atomic E-state index is 12.5. The molecule has 1 amide bonds. The maximum absolute atomic E-state index is 12.5. The molecule has 12 heteroatoms. The van der Waals surface area contributed by atoms with E-state index in [0.717, 1.165) is 19.2 Å². The Bertz CT molecular complexity index is 1020. The fraction of sp³-hybridized carbons (Fsp3) is 0.211. The lowest BCUT2D eigenvalue weighted by Crippen LogP contribution is -2.11. The van der Waals surface area contributed by atoms with E-state index >= 15 is 0 Å². The first-order valence-electron chi connectivity index (χ1n) is 8.49. The summed E-state index contributed by atoms with van der Waals surface area (Å²) in [7, 11) is 1.16. The molecule has 2 aromatic carbocycles. The van der Waals surface area contributed by atoms with Gasteiger partial charge >= 0.3 is 12.6 Å². The molecule has 0 fully saturated rings. The molecule has 2 rings (SSSR count). The third kappa shape index (κ3) is 6.36. The fourth-order valence-corrected chi connectivity index (χ4v) is 2.42. The first-order chi connectivity index (χ1) is 14.7. The standard InChI is InChI=1S/C19H15F2N3O7/c1-29-15-8-12(14(24(27)28)9-16(15)31-19(20)21)10-30-18(26)11-2-4-13(5-3-11)23-17(25)6-7-22/h2-5,8-9,19H,6,10H2,1H3,(H,23,25). The highest BCUT2D eigenvalue weighted by molar-refractivity contribution is 5.93. The predicted octanol–water partition coefficient (Wildman–Crippen LogP) is 3.41. The van der Waals surface area contributed by atoms with Gasteiger partial charge in [-0.3, -0.25) is 14.9 Å². The Balaban J connectivity index is 2.14. The van der Waals surface area contributed by atoms with Crippen LogP contribution in [0.4, 0.5) is 20.2 Å². The first kappa shape index (κ1) is 23.0. The lowest BCUT2D eigenvalue weighted by Gasteiger charge is -2.12. The van der Waals surface area contributed by atoms with Crippen molar-refractivity contribution in [3.63, 3.8) is 0 Å². The topological polar surface area (TPSA) is 141 Å². The second-order valence-corrected chi connectivity index (χ2v) is 5.80. The molecule has 0 aliphatic rings. The Labute approximate surface area is 174 Å². The van der Waals surface area contributed by atoms with E-state index in [0.29, 0.717) is 5.69 Å². The molecule has 0 aliphatic heterocycles. The molecular weight excluding hydrogens is 420 g/mol. The number of rotatable bonds is 9. The van der Waals surface area contributed by atoms with Gasteiger partial charge in [-0.25, -0.2) is 4.79 Å². The predicted molar refractivity (Wildman–Crippen MR) is 101 cm³/mol. The van der Waals surface area contributed by atoms with Crippen molar-refractivity contribution in [1.29, 1.82) is 5.26 Å². The smallest absolute Gasteiger partial charge is 0.387 e. The number of carbonyl (C=O) groups excluding carboxylic acids is 2. The van der Waals surface area contributed by atoms with E-state index in [-0.39, 0.29) is 23.3 Å². The van der Waals surface area contributed by atoms with E-state index in [1.54, 1.807) is 6.07 Å². The van der Waals surface area contributed by atoms with Gasteiger partial charge in [0, 0.05) is 5.69 Å². The van der Waals surface area contributed by atoms with E-state index in [9.17, 15) is 28.5 Å². The number of methoxy groups -OCH3 is 1. The van der Waals surface area contributed by atoms with Crippen LogP contribution in [0.1, 0.15) is 22.3 Å². The monoisotopic (exact) mass is 435 g/mol. The van der Waals surface area contributed by atoms with Crippen LogP contribution in [-0.2, 0) is 16.1 Å². The van der Waals surface area contributed by atoms with Crippen LogP contribution in [0.25, 0.3) is 0 Å². The number of nitrogens with one attached hydrogen (secondary N) is 1. The van der Waals surface area contributed by atoms with E-state index in [1.807, 2.05) is 0 Å². The summed E-state index contributed by atoms with van der Waals surface area (Å²) in [5.41, 5.74) is -0.255. The highest BCUT2D eigenvalue weighted by Crippen LogP contribution is 2.36. The van der Waals surface area contributed by atoms with Gasteiger partial charge in [0.15, 0.2) is 11.5 Å². The number of hydrogen-bond donors (Lipinski definition) is 1. The summed E-state index contributed by atoms with van der Waals surface area (Å²) in [6, 6.07) is 9.03. The van der Waals surface area contributed by atoms with E-state index in [1.165, 1.54) is 24.3 Å². The van der Waals surface area contributed by atoms with Gasteiger partial charge < -0.3 is 19.5 Å². The van der Waals surface area contributed by atoms with Gasteiger partial charge in [0.2, 0.25) is 5.91 Å². The number of halogens is 2. The summed E-state index contributed by atoms with van der Waals surface area (Å²) in [5, 5.41) is 22.2. The Morgan fingerprint density at radius 2 is 1.90 bits per heavy atom.